The molecule has 0 saturated carbocycles. The van der Waals surface area contributed by atoms with Crippen molar-refractivity contribution in [3.05, 3.63) is 101 Å². The van der Waals surface area contributed by atoms with E-state index in [1.54, 1.807) is 7.11 Å². The van der Waals surface area contributed by atoms with Gasteiger partial charge in [0.05, 0.1) is 12.8 Å². The van der Waals surface area contributed by atoms with Crippen LogP contribution in [0.2, 0.25) is 0 Å². The molecular weight excluding hydrogens is 306 g/mol. The van der Waals surface area contributed by atoms with Gasteiger partial charge in [-0.1, -0.05) is 60.7 Å². The van der Waals surface area contributed by atoms with Crippen LogP contribution in [-0.2, 0) is 6.42 Å². The predicted octanol–water partition coefficient (Wildman–Crippen LogP) is 4.87. The maximum absolute atomic E-state index is 5.48. The summed E-state index contributed by atoms with van der Waals surface area (Å²) in [6, 6.07) is 27.4. The van der Waals surface area contributed by atoms with Crippen LogP contribution in [0.5, 0.6) is 5.75 Å². The minimum Gasteiger partial charge on any atom is -0.497 e. The fraction of sp³-hybridized carbons (Fsp3) is 0.174. The van der Waals surface area contributed by atoms with Crippen molar-refractivity contribution >= 4 is 5.71 Å². The maximum atomic E-state index is 5.48. The summed E-state index contributed by atoms with van der Waals surface area (Å²) in [5.41, 5.74) is 6.16. The monoisotopic (exact) mass is 327 g/mol. The molecule has 0 N–H and O–H groups in total. The average Bonchev–Trinajstić information content (AvgIpc) is 2.69. The van der Waals surface area contributed by atoms with Gasteiger partial charge in [0, 0.05) is 23.6 Å². The smallest absolute Gasteiger partial charge is 0.119 e. The lowest BCUT2D eigenvalue weighted by molar-refractivity contribution is 0.413. The second-order valence-corrected chi connectivity index (χ2v) is 6.40. The van der Waals surface area contributed by atoms with Gasteiger partial charge < -0.3 is 4.74 Å². The van der Waals surface area contributed by atoms with Crippen molar-refractivity contribution in [2.24, 2.45) is 4.99 Å². The van der Waals surface area contributed by atoms with Gasteiger partial charge in [-0.2, -0.15) is 0 Å². The first-order valence-electron chi connectivity index (χ1n) is 8.67. The molecule has 0 amide bonds. The Hall–Kier alpha value is -2.87. The third-order valence-electron chi connectivity index (χ3n) is 4.80. The fourth-order valence-electron chi connectivity index (χ4n) is 3.52. The summed E-state index contributed by atoms with van der Waals surface area (Å²) in [4.78, 5) is 4.95. The second-order valence-electron chi connectivity index (χ2n) is 6.40. The molecule has 4 rings (SSSR count). The van der Waals surface area contributed by atoms with Gasteiger partial charge >= 0.3 is 0 Å². The molecule has 1 heterocycles. The molecule has 1 aliphatic rings. The third kappa shape index (κ3) is 3.20. The summed E-state index contributed by atoms with van der Waals surface area (Å²) in [6.07, 6.45) is 0.993. The molecule has 0 bridgehead atoms. The number of fused-ring (bicyclic) bond motifs is 1. The number of ether oxygens (including phenoxy) is 1. The number of aliphatic imine (C=N–C) groups is 1. The number of hydrogen-bond acceptors (Lipinski definition) is 2. The quantitative estimate of drug-likeness (QED) is 0.670. The van der Waals surface area contributed by atoms with E-state index in [0.717, 1.165) is 24.4 Å². The standard InChI is InChI=1S/C23H21NO/c1-25-20-12-13-21-22(15-20)19(14-17-8-4-2-5-9-17)16-24-23(21)18-10-6-3-7-11-18/h2-13,15,19H,14,16H2,1H3/t19-/m1/s1. The Morgan fingerprint density at radius 2 is 1.64 bits per heavy atom. The zero-order valence-electron chi connectivity index (χ0n) is 14.4. The van der Waals surface area contributed by atoms with E-state index in [1.807, 2.05) is 12.1 Å². The lowest BCUT2D eigenvalue weighted by Gasteiger charge is -2.26. The highest BCUT2D eigenvalue weighted by atomic mass is 16.5. The van der Waals surface area contributed by atoms with Crippen LogP contribution in [0.1, 0.15) is 28.2 Å². The van der Waals surface area contributed by atoms with Crippen LogP contribution in [0.3, 0.4) is 0 Å². The predicted molar refractivity (Wildman–Crippen MR) is 103 cm³/mol. The molecule has 124 valence electrons. The van der Waals surface area contributed by atoms with E-state index in [-0.39, 0.29) is 0 Å². The van der Waals surface area contributed by atoms with E-state index < -0.39 is 0 Å². The molecule has 1 aliphatic heterocycles. The van der Waals surface area contributed by atoms with Crippen LogP contribution in [0.15, 0.2) is 83.9 Å². The molecule has 0 fully saturated rings. The molecule has 0 unspecified atom stereocenters. The summed E-state index contributed by atoms with van der Waals surface area (Å²) < 4.78 is 5.48. The van der Waals surface area contributed by atoms with Crippen molar-refractivity contribution in [1.82, 2.24) is 0 Å². The van der Waals surface area contributed by atoms with Crippen molar-refractivity contribution in [2.75, 3.05) is 13.7 Å². The summed E-state index contributed by atoms with van der Waals surface area (Å²) in [5.74, 6) is 1.28. The highest BCUT2D eigenvalue weighted by Gasteiger charge is 2.24. The largest absolute Gasteiger partial charge is 0.497 e. The van der Waals surface area contributed by atoms with E-state index in [2.05, 4.69) is 66.7 Å². The summed E-state index contributed by atoms with van der Waals surface area (Å²) in [5, 5.41) is 0. The SMILES string of the molecule is COc1ccc2c(c1)[C@H](Cc1ccccc1)CN=C2c1ccccc1. The van der Waals surface area contributed by atoms with Crippen LogP contribution in [0, 0.1) is 0 Å². The van der Waals surface area contributed by atoms with Gasteiger partial charge in [-0.15, -0.1) is 0 Å². The number of rotatable bonds is 4. The highest BCUT2D eigenvalue weighted by molar-refractivity contribution is 6.14. The zero-order valence-corrected chi connectivity index (χ0v) is 14.4. The van der Waals surface area contributed by atoms with Gasteiger partial charge in [0.2, 0.25) is 0 Å². The van der Waals surface area contributed by atoms with Gasteiger partial charge in [-0.05, 0) is 35.7 Å². The summed E-state index contributed by atoms with van der Waals surface area (Å²) >= 11 is 0. The Balaban J connectivity index is 1.75. The third-order valence-corrected chi connectivity index (χ3v) is 4.80. The van der Waals surface area contributed by atoms with E-state index >= 15 is 0 Å². The van der Waals surface area contributed by atoms with E-state index in [1.165, 1.54) is 22.3 Å². The Kier molecular flexibility index (Phi) is 4.34. The fourth-order valence-corrected chi connectivity index (χ4v) is 3.52. The Morgan fingerprint density at radius 1 is 0.920 bits per heavy atom. The van der Waals surface area contributed by atoms with Crippen LogP contribution in [0.4, 0.5) is 0 Å². The molecule has 25 heavy (non-hydrogen) atoms. The van der Waals surface area contributed by atoms with Crippen molar-refractivity contribution < 1.29 is 4.74 Å². The molecule has 0 spiro atoms. The van der Waals surface area contributed by atoms with Crippen molar-refractivity contribution in [1.29, 1.82) is 0 Å². The number of nitrogens with zero attached hydrogens (tertiary/aromatic N) is 1. The molecule has 3 aromatic carbocycles. The summed E-state index contributed by atoms with van der Waals surface area (Å²) in [7, 11) is 1.73. The Bertz CT molecular complexity index is 884. The van der Waals surface area contributed by atoms with Crippen molar-refractivity contribution in [3.63, 3.8) is 0 Å². The maximum Gasteiger partial charge on any atom is 0.119 e. The molecule has 2 heteroatoms. The van der Waals surface area contributed by atoms with Crippen molar-refractivity contribution in [2.45, 2.75) is 12.3 Å². The Morgan fingerprint density at radius 3 is 2.36 bits per heavy atom. The molecule has 1 atom stereocenters. The van der Waals surface area contributed by atoms with Crippen molar-refractivity contribution in [3.8, 4) is 5.75 Å². The van der Waals surface area contributed by atoms with Gasteiger partial charge in [0.15, 0.2) is 0 Å². The number of hydrogen-bond donors (Lipinski definition) is 0. The van der Waals surface area contributed by atoms with Crippen LogP contribution < -0.4 is 4.74 Å². The lowest BCUT2D eigenvalue weighted by atomic mass is 9.83. The summed E-state index contributed by atoms with van der Waals surface area (Å²) in [6.45, 7) is 0.805. The normalized spacial score (nSPS) is 16.0. The first-order chi connectivity index (χ1) is 12.3. The molecule has 0 saturated heterocycles. The molecule has 0 radical (unpaired) electrons. The van der Waals surface area contributed by atoms with Gasteiger partial charge in [-0.3, -0.25) is 4.99 Å². The average molecular weight is 327 g/mol. The van der Waals surface area contributed by atoms with Crippen LogP contribution >= 0.6 is 0 Å². The minimum atomic E-state index is 0.375. The molecule has 3 aromatic rings. The minimum absolute atomic E-state index is 0.375. The molecular formula is C23H21NO. The number of benzene rings is 3. The lowest BCUT2D eigenvalue weighted by Crippen LogP contribution is -2.20. The van der Waals surface area contributed by atoms with Gasteiger partial charge in [0.25, 0.3) is 0 Å². The Labute approximate surface area is 148 Å². The molecule has 2 nitrogen and oxygen atoms in total. The topological polar surface area (TPSA) is 21.6 Å². The highest BCUT2D eigenvalue weighted by Crippen LogP contribution is 2.33. The number of methoxy groups -OCH3 is 1. The van der Waals surface area contributed by atoms with Gasteiger partial charge in [0.1, 0.15) is 5.75 Å². The van der Waals surface area contributed by atoms with Crippen LogP contribution in [0.25, 0.3) is 0 Å². The van der Waals surface area contributed by atoms with Gasteiger partial charge in [-0.25, -0.2) is 0 Å². The first kappa shape index (κ1) is 15.6. The second kappa shape index (κ2) is 6.94. The van der Waals surface area contributed by atoms with E-state index in [4.69, 9.17) is 9.73 Å². The molecule has 0 aliphatic carbocycles. The first-order valence-corrected chi connectivity index (χ1v) is 8.67. The molecule has 0 aromatic heterocycles. The van der Waals surface area contributed by atoms with E-state index in [9.17, 15) is 0 Å². The van der Waals surface area contributed by atoms with Crippen LogP contribution in [-0.4, -0.2) is 19.4 Å². The zero-order chi connectivity index (χ0) is 17.1. The van der Waals surface area contributed by atoms with E-state index in [0.29, 0.717) is 5.92 Å².